The van der Waals surface area contributed by atoms with Gasteiger partial charge >= 0.3 is 0 Å². The second kappa shape index (κ2) is 7.13. The van der Waals surface area contributed by atoms with Crippen molar-refractivity contribution >= 4 is 0 Å². The molecule has 3 rings (SSSR count). The molecule has 2 aliphatic heterocycles. The van der Waals surface area contributed by atoms with Gasteiger partial charge < -0.3 is 9.64 Å². The molecule has 1 aromatic rings. The van der Waals surface area contributed by atoms with Crippen LogP contribution in [0.4, 0.5) is 4.39 Å². The molecule has 2 fully saturated rings. The van der Waals surface area contributed by atoms with Crippen LogP contribution in [-0.4, -0.2) is 30.6 Å². The second-order valence-corrected chi connectivity index (χ2v) is 8.52. The number of piperidine rings is 1. The number of halogens is 1. The van der Waals surface area contributed by atoms with Gasteiger partial charge in [-0.1, -0.05) is 26.0 Å². The van der Waals surface area contributed by atoms with Gasteiger partial charge in [0.25, 0.3) is 0 Å². The monoisotopic (exact) mass is 333 g/mol. The molecule has 2 aliphatic rings. The molecule has 1 spiro atoms. The highest BCUT2D eigenvalue weighted by Crippen LogP contribution is 2.49. The molecule has 24 heavy (non-hydrogen) atoms. The Morgan fingerprint density at radius 3 is 2.25 bits per heavy atom. The van der Waals surface area contributed by atoms with Crippen LogP contribution < -0.4 is 0 Å². The first kappa shape index (κ1) is 17.9. The number of rotatable bonds is 3. The molecule has 0 unspecified atom stereocenters. The molecule has 0 radical (unpaired) electrons. The maximum atomic E-state index is 13.3. The van der Waals surface area contributed by atoms with Gasteiger partial charge in [-0.2, -0.15) is 0 Å². The minimum Gasteiger partial charge on any atom is -0.373 e. The molecule has 2 saturated heterocycles. The summed E-state index contributed by atoms with van der Waals surface area (Å²) in [6.07, 6.45) is 3.83. The Balaban J connectivity index is 1.73. The lowest BCUT2D eigenvalue weighted by atomic mass is 9.66. The van der Waals surface area contributed by atoms with Crippen LogP contribution in [-0.2, 0) is 4.74 Å². The zero-order chi connectivity index (χ0) is 17.3. The number of benzene rings is 1. The van der Waals surface area contributed by atoms with Crippen LogP contribution in [0.15, 0.2) is 24.3 Å². The van der Waals surface area contributed by atoms with E-state index in [9.17, 15) is 4.39 Å². The average Bonchev–Trinajstić information content (AvgIpc) is 2.56. The molecule has 3 heteroatoms. The summed E-state index contributed by atoms with van der Waals surface area (Å²) in [7, 11) is 0. The lowest BCUT2D eigenvalue weighted by Crippen LogP contribution is -2.49. The van der Waals surface area contributed by atoms with E-state index in [4.69, 9.17) is 4.74 Å². The lowest BCUT2D eigenvalue weighted by molar-refractivity contribution is -0.132. The quantitative estimate of drug-likeness (QED) is 0.767. The van der Waals surface area contributed by atoms with Gasteiger partial charge in [0, 0.05) is 6.04 Å². The van der Waals surface area contributed by atoms with Gasteiger partial charge in [-0.05, 0) is 81.1 Å². The van der Waals surface area contributed by atoms with Crippen molar-refractivity contribution in [2.45, 2.75) is 59.1 Å². The Kier molecular flexibility index (Phi) is 5.31. The third kappa shape index (κ3) is 3.67. The fourth-order valence-electron chi connectivity index (χ4n) is 4.50. The van der Waals surface area contributed by atoms with Gasteiger partial charge in [0.15, 0.2) is 0 Å². The summed E-state index contributed by atoms with van der Waals surface area (Å²) in [5.41, 5.74) is 1.47. The maximum Gasteiger partial charge on any atom is 0.123 e. The van der Waals surface area contributed by atoms with E-state index in [1.54, 1.807) is 12.1 Å². The Labute approximate surface area is 146 Å². The van der Waals surface area contributed by atoms with Crippen LogP contribution in [0.1, 0.15) is 58.6 Å². The number of nitrogens with zero attached hydrogens (tertiary/aromatic N) is 1. The summed E-state index contributed by atoms with van der Waals surface area (Å²) < 4.78 is 19.7. The molecule has 1 aromatic carbocycles. The van der Waals surface area contributed by atoms with Crippen molar-refractivity contribution in [2.24, 2.45) is 17.3 Å². The first-order valence-corrected chi connectivity index (χ1v) is 9.51. The van der Waals surface area contributed by atoms with Crippen molar-refractivity contribution in [1.82, 2.24) is 4.90 Å². The van der Waals surface area contributed by atoms with Crippen LogP contribution in [0.5, 0.6) is 0 Å². The Morgan fingerprint density at radius 2 is 1.71 bits per heavy atom. The molecule has 2 heterocycles. The molecule has 0 N–H and O–H groups in total. The molecule has 0 amide bonds. The van der Waals surface area contributed by atoms with E-state index in [1.807, 2.05) is 12.1 Å². The molecule has 2 nitrogen and oxygen atoms in total. The SMILES string of the molecule is CC(C)[C@H]1CC2(CCN(C(C)C)CC2)CO[C@@H]1c1ccc(F)cc1. The number of likely N-dealkylation sites (tertiary alicyclic amines) is 1. The highest BCUT2D eigenvalue weighted by molar-refractivity contribution is 5.20. The molecule has 2 atom stereocenters. The van der Waals surface area contributed by atoms with Gasteiger partial charge in [0.2, 0.25) is 0 Å². The highest BCUT2D eigenvalue weighted by Gasteiger charge is 2.44. The molecular formula is C21H32FNO. The van der Waals surface area contributed by atoms with Crippen LogP contribution in [0.3, 0.4) is 0 Å². The number of hydrogen-bond acceptors (Lipinski definition) is 2. The van der Waals surface area contributed by atoms with Crippen molar-refractivity contribution < 1.29 is 9.13 Å². The van der Waals surface area contributed by atoms with Crippen LogP contribution in [0.25, 0.3) is 0 Å². The van der Waals surface area contributed by atoms with Crippen molar-refractivity contribution in [1.29, 1.82) is 0 Å². The lowest BCUT2D eigenvalue weighted by Gasteiger charge is -2.50. The topological polar surface area (TPSA) is 12.5 Å². The molecule has 0 aromatic heterocycles. The fraction of sp³-hybridized carbons (Fsp3) is 0.714. The summed E-state index contributed by atoms with van der Waals surface area (Å²) in [4.78, 5) is 2.59. The molecule has 0 saturated carbocycles. The third-order valence-electron chi connectivity index (χ3n) is 6.27. The minimum absolute atomic E-state index is 0.111. The Hall–Kier alpha value is -0.930. The number of ether oxygens (including phenoxy) is 1. The number of hydrogen-bond donors (Lipinski definition) is 0. The first-order valence-electron chi connectivity index (χ1n) is 9.51. The Morgan fingerprint density at radius 1 is 1.08 bits per heavy atom. The normalized spacial score (nSPS) is 28.0. The predicted octanol–water partition coefficient (Wildman–Crippen LogP) is 5.05. The van der Waals surface area contributed by atoms with Gasteiger partial charge in [0.1, 0.15) is 5.82 Å². The van der Waals surface area contributed by atoms with E-state index in [-0.39, 0.29) is 11.9 Å². The average molecular weight is 333 g/mol. The van der Waals surface area contributed by atoms with Crippen molar-refractivity contribution in [3.05, 3.63) is 35.6 Å². The minimum atomic E-state index is -0.173. The largest absolute Gasteiger partial charge is 0.373 e. The predicted molar refractivity (Wildman–Crippen MR) is 96.4 cm³/mol. The van der Waals surface area contributed by atoms with Gasteiger partial charge in [0.05, 0.1) is 12.7 Å². The van der Waals surface area contributed by atoms with Crippen LogP contribution >= 0.6 is 0 Å². The smallest absolute Gasteiger partial charge is 0.123 e. The van der Waals surface area contributed by atoms with Gasteiger partial charge in [-0.25, -0.2) is 4.39 Å². The van der Waals surface area contributed by atoms with Gasteiger partial charge in [-0.3, -0.25) is 0 Å². The van der Waals surface area contributed by atoms with E-state index in [1.165, 1.54) is 32.4 Å². The van der Waals surface area contributed by atoms with Crippen LogP contribution in [0, 0.1) is 23.1 Å². The summed E-state index contributed by atoms with van der Waals surface area (Å²) in [5, 5.41) is 0. The Bertz CT molecular complexity index is 531. The summed E-state index contributed by atoms with van der Waals surface area (Å²) in [6.45, 7) is 12.4. The van der Waals surface area contributed by atoms with E-state index in [0.29, 0.717) is 23.3 Å². The zero-order valence-electron chi connectivity index (χ0n) is 15.6. The van der Waals surface area contributed by atoms with Crippen molar-refractivity contribution in [2.75, 3.05) is 19.7 Å². The molecule has 0 bridgehead atoms. The summed E-state index contributed by atoms with van der Waals surface area (Å²) in [6, 6.07) is 7.55. The van der Waals surface area contributed by atoms with Crippen molar-refractivity contribution in [3.63, 3.8) is 0 Å². The van der Waals surface area contributed by atoms with Gasteiger partial charge in [-0.15, -0.1) is 0 Å². The van der Waals surface area contributed by atoms with E-state index in [2.05, 4.69) is 32.6 Å². The standard InChI is InChI=1S/C21H32FNO/c1-15(2)19-13-21(9-11-23(12-10-21)16(3)4)14-24-20(19)17-5-7-18(22)8-6-17/h5-8,15-16,19-20H,9-14H2,1-4H3/t19-,20-/m1/s1. The fourth-order valence-corrected chi connectivity index (χ4v) is 4.50. The van der Waals surface area contributed by atoms with Crippen molar-refractivity contribution in [3.8, 4) is 0 Å². The zero-order valence-corrected chi connectivity index (χ0v) is 15.6. The maximum absolute atomic E-state index is 13.3. The molecular weight excluding hydrogens is 301 g/mol. The third-order valence-corrected chi connectivity index (χ3v) is 6.27. The summed E-state index contributed by atoms with van der Waals surface area (Å²) in [5.74, 6) is 0.906. The molecule has 0 aliphatic carbocycles. The first-order chi connectivity index (χ1) is 11.4. The van der Waals surface area contributed by atoms with Crippen LogP contribution in [0.2, 0.25) is 0 Å². The van der Waals surface area contributed by atoms with E-state index in [0.717, 1.165) is 12.2 Å². The molecule has 134 valence electrons. The van der Waals surface area contributed by atoms with E-state index >= 15 is 0 Å². The second-order valence-electron chi connectivity index (χ2n) is 8.52. The van der Waals surface area contributed by atoms with E-state index < -0.39 is 0 Å². The highest BCUT2D eigenvalue weighted by atomic mass is 19.1. The summed E-state index contributed by atoms with van der Waals surface area (Å²) >= 11 is 0.